The van der Waals surface area contributed by atoms with Crippen molar-refractivity contribution < 1.29 is 9.47 Å². The van der Waals surface area contributed by atoms with Crippen LogP contribution in [0.1, 0.15) is 12.1 Å². The molecule has 82 valence electrons. The maximum atomic E-state index is 5.59. The summed E-state index contributed by atoms with van der Waals surface area (Å²) in [6, 6.07) is 3.94. The summed E-state index contributed by atoms with van der Waals surface area (Å²) in [6.07, 6.45) is 2.91. The summed E-state index contributed by atoms with van der Waals surface area (Å²) >= 11 is 3.35. The lowest BCUT2D eigenvalue weighted by atomic mass is 10.1. The van der Waals surface area contributed by atoms with Crippen LogP contribution >= 0.6 is 15.9 Å². The molecule has 0 aliphatic carbocycles. The van der Waals surface area contributed by atoms with Crippen molar-refractivity contribution >= 4 is 15.9 Å². The molecule has 0 aromatic carbocycles. The zero-order valence-electron chi connectivity index (χ0n) is 8.49. The van der Waals surface area contributed by atoms with E-state index in [0.29, 0.717) is 12.5 Å². The SMILES string of the molecule is Brc1ccc(COCC2CCOC2)nc1. The number of pyridine rings is 1. The predicted octanol–water partition coefficient (Wildman–Crippen LogP) is 2.40. The minimum atomic E-state index is 0.570. The number of hydrogen-bond donors (Lipinski definition) is 0. The van der Waals surface area contributed by atoms with E-state index < -0.39 is 0 Å². The van der Waals surface area contributed by atoms with Gasteiger partial charge in [-0.05, 0) is 34.5 Å². The Balaban J connectivity index is 1.71. The average molecular weight is 272 g/mol. The molecule has 3 nitrogen and oxygen atoms in total. The quantitative estimate of drug-likeness (QED) is 0.843. The van der Waals surface area contributed by atoms with Gasteiger partial charge in [0.25, 0.3) is 0 Å². The van der Waals surface area contributed by atoms with Crippen molar-refractivity contribution in [3.05, 3.63) is 28.5 Å². The molecule has 1 aromatic rings. The maximum absolute atomic E-state index is 5.59. The summed E-state index contributed by atoms with van der Waals surface area (Å²) in [4.78, 5) is 4.24. The van der Waals surface area contributed by atoms with E-state index in [1.807, 2.05) is 12.1 Å². The molecular weight excluding hydrogens is 258 g/mol. The molecule has 0 N–H and O–H groups in total. The third kappa shape index (κ3) is 3.55. The summed E-state index contributed by atoms with van der Waals surface area (Å²) in [6.45, 7) is 3.08. The predicted molar refractivity (Wildman–Crippen MR) is 60.5 cm³/mol. The fourth-order valence-electron chi connectivity index (χ4n) is 1.54. The van der Waals surface area contributed by atoms with E-state index in [1.54, 1.807) is 6.20 Å². The third-order valence-corrected chi connectivity index (χ3v) is 2.89. The Morgan fingerprint density at radius 3 is 3.13 bits per heavy atom. The Morgan fingerprint density at radius 2 is 2.47 bits per heavy atom. The standard InChI is InChI=1S/C11H14BrNO2/c12-10-1-2-11(13-5-10)8-15-7-9-3-4-14-6-9/h1-2,5,9H,3-4,6-8H2. The first-order chi connectivity index (χ1) is 7.34. The van der Waals surface area contributed by atoms with Crippen LogP contribution in [0.4, 0.5) is 0 Å². The van der Waals surface area contributed by atoms with Crippen LogP contribution in [0.2, 0.25) is 0 Å². The Bertz CT molecular complexity index is 296. The third-order valence-electron chi connectivity index (χ3n) is 2.42. The molecule has 0 spiro atoms. The Labute approximate surface area is 97.9 Å². The minimum Gasteiger partial charge on any atom is -0.381 e. The van der Waals surface area contributed by atoms with Crippen molar-refractivity contribution in [2.75, 3.05) is 19.8 Å². The molecule has 1 aliphatic rings. The topological polar surface area (TPSA) is 31.4 Å². The molecule has 4 heteroatoms. The largest absolute Gasteiger partial charge is 0.381 e. The normalized spacial score (nSPS) is 20.7. The van der Waals surface area contributed by atoms with Crippen LogP contribution in [0.3, 0.4) is 0 Å². The monoisotopic (exact) mass is 271 g/mol. The second-order valence-electron chi connectivity index (χ2n) is 3.71. The summed E-state index contributed by atoms with van der Waals surface area (Å²) in [5, 5.41) is 0. The summed E-state index contributed by atoms with van der Waals surface area (Å²) in [5.74, 6) is 0.570. The first-order valence-electron chi connectivity index (χ1n) is 5.10. The molecule has 15 heavy (non-hydrogen) atoms. The highest BCUT2D eigenvalue weighted by Crippen LogP contribution is 2.13. The number of rotatable bonds is 4. The van der Waals surface area contributed by atoms with E-state index in [9.17, 15) is 0 Å². The number of hydrogen-bond acceptors (Lipinski definition) is 3. The Kier molecular flexibility index (Phi) is 4.11. The number of aromatic nitrogens is 1. The van der Waals surface area contributed by atoms with E-state index in [1.165, 1.54) is 0 Å². The molecule has 2 heterocycles. The number of nitrogens with zero attached hydrogens (tertiary/aromatic N) is 1. The molecule has 0 saturated carbocycles. The molecule has 0 amide bonds. The maximum Gasteiger partial charge on any atom is 0.0888 e. The zero-order chi connectivity index (χ0) is 10.5. The van der Waals surface area contributed by atoms with Crippen molar-refractivity contribution in [1.29, 1.82) is 0 Å². The summed E-state index contributed by atoms with van der Waals surface area (Å²) in [7, 11) is 0. The zero-order valence-corrected chi connectivity index (χ0v) is 10.1. The van der Waals surface area contributed by atoms with Crippen LogP contribution in [0.5, 0.6) is 0 Å². The lowest BCUT2D eigenvalue weighted by molar-refractivity contribution is 0.0773. The van der Waals surface area contributed by atoms with Gasteiger partial charge in [0.2, 0.25) is 0 Å². The Hall–Kier alpha value is -0.450. The van der Waals surface area contributed by atoms with Gasteiger partial charge in [-0.15, -0.1) is 0 Å². The van der Waals surface area contributed by atoms with E-state index >= 15 is 0 Å². The molecule has 1 unspecified atom stereocenters. The smallest absolute Gasteiger partial charge is 0.0888 e. The molecular formula is C11H14BrNO2. The van der Waals surface area contributed by atoms with Gasteiger partial charge in [0.05, 0.1) is 25.5 Å². The highest BCUT2D eigenvalue weighted by molar-refractivity contribution is 9.10. The van der Waals surface area contributed by atoms with E-state index in [2.05, 4.69) is 20.9 Å². The van der Waals surface area contributed by atoms with E-state index in [0.717, 1.165) is 36.4 Å². The van der Waals surface area contributed by atoms with Crippen LogP contribution in [0.25, 0.3) is 0 Å². The van der Waals surface area contributed by atoms with Gasteiger partial charge in [0.15, 0.2) is 0 Å². The molecule has 0 radical (unpaired) electrons. The molecule has 2 rings (SSSR count). The first-order valence-corrected chi connectivity index (χ1v) is 5.90. The van der Waals surface area contributed by atoms with Crippen molar-refractivity contribution in [3.8, 4) is 0 Å². The van der Waals surface area contributed by atoms with Crippen molar-refractivity contribution in [3.63, 3.8) is 0 Å². The van der Waals surface area contributed by atoms with E-state index in [4.69, 9.17) is 9.47 Å². The Morgan fingerprint density at radius 1 is 1.53 bits per heavy atom. The first kappa shape index (κ1) is 11.0. The highest BCUT2D eigenvalue weighted by atomic mass is 79.9. The number of halogens is 1. The van der Waals surface area contributed by atoms with Crippen LogP contribution in [-0.4, -0.2) is 24.8 Å². The van der Waals surface area contributed by atoms with Gasteiger partial charge in [-0.3, -0.25) is 4.98 Å². The van der Waals surface area contributed by atoms with Gasteiger partial charge < -0.3 is 9.47 Å². The van der Waals surface area contributed by atoms with Crippen LogP contribution in [0.15, 0.2) is 22.8 Å². The second-order valence-corrected chi connectivity index (χ2v) is 4.63. The molecule has 0 bridgehead atoms. The molecule has 1 atom stereocenters. The average Bonchev–Trinajstić information content (AvgIpc) is 2.74. The second kappa shape index (κ2) is 5.58. The molecule has 1 aliphatic heterocycles. The van der Waals surface area contributed by atoms with Crippen LogP contribution in [0, 0.1) is 5.92 Å². The lowest BCUT2D eigenvalue weighted by Gasteiger charge is -2.08. The van der Waals surface area contributed by atoms with Gasteiger partial charge in [-0.25, -0.2) is 0 Å². The van der Waals surface area contributed by atoms with Crippen LogP contribution < -0.4 is 0 Å². The fourth-order valence-corrected chi connectivity index (χ4v) is 1.77. The lowest BCUT2D eigenvalue weighted by Crippen LogP contribution is -2.09. The summed E-state index contributed by atoms with van der Waals surface area (Å²) < 4.78 is 11.9. The van der Waals surface area contributed by atoms with Crippen LogP contribution in [-0.2, 0) is 16.1 Å². The van der Waals surface area contributed by atoms with Crippen molar-refractivity contribution in [2.24, 2.45) is 5.92 Å². The van der Waals surface area contributed by atoms with Crippen molar-refractivity contribution in [2.45, 2.75) is 13.0 Å². The molecule has 1 aromatic heterocycles. The van der Waals surface area contributed by atoms with E-state index in [-0.39, 0.29) is 0 Å². The van der Waals surface area contributed by atoms with Gasteiger partial charge in [0, 0.05) is 23.2 Å². The van der Waals surface area contributed by atoms with Gasteiger partial charge in [-0.1, -0.05) is 0 Å². The highest BCUT2D eigenvalue weighted by Gasteiger charge is 2.15. The fraction of sp³-hybridized carbons (Fsp3) is 0.545. The summed E-state index contributed by atoms with van der Waals surface area (Å²) in [5.41, 5.74) is 0.970. The van der Waals surface area contributed by atoms with Crippen molar-refractivity contribution in [1.82, 2.24) is 4.98 Å². The number of ether oxygens (including phenoxy) is 2. The minimum absolute atomic E-state index is 0.570. The van der Waals surface area contributed by atoms with Gasteiger partial charge in [-0.2, -0.15) is 0 Å². The molecule has 1 fully saturated rings. The van der Waals surface area contributed by atoms with Gasteiger partial charge in [0.1, 0.15) is 0 Å². The van der Waals surface area contributed by atoms with Gasteiger partial charge >= 0.3 is 0 Å². The molecule has 1 saturated heterocycles.